The minimum Gasteiger partial charge on any atom is -0.467 e. The molecule has 0 aliphatic carbocycles. The molecule has 17 heavy (non-hydrogen) atoms. The van der Waals surface area contributed by atoms with Crippen molar-refractivity contribution in [2.24, 2.45) is 0 Å². The van der Waals surface area contributed by atoms with Gasteiger partial charge in [-0.1, -0.05) is 11.6 Å². The molecular weight excluding hydrogens is 222 g/mol. The molecule has 0 fully saturated rings. The molecule has 1 rings (SSSR count). The van der Waals surface area contributed by atoms with Gasteiger partial charge in [-0.2, -0.15) is 0 Å². The number of carbonyl (C=O) groups is 2. The molecule has 1 aliphatic heterocycles. The number of carbonyl (C=O) groups excluding carboxylic acids is 2. The van der Waals surface area contributed by atoms with Gasteiger partial charge in [0.05, 0.1) is 7.11 Å². The number of hydrogen-bond donors (Lipinski definition) is 0. The van der Waals surface area contributed by atoms with E-state index in [0.717, 1.165) is 5.57 Å². The Bertz CT molecular complexity index is 354. The van der Waals surface area contributed by atoms with E-state index in [2.05, 4.69) is 4.74 Å². The first-order valence-electron chi connectivity index (χ1n) is 5.49. The van der Waals surface area contributed by atoms with E-state index in [1.807, 2.05) is 6.92 Å². The van der Waals surface area contributed by atoms with E-state index in [1.165, 1.54) is 12.0 Å². The second-order valence-electron chi connectivity index (χ2n) is 5.09. The number of ether oxygens (including phenoxy) is 2. The molecule has 0 spiro atoms. The first-order chi connectivity index (χ1) is 7.74. The van der Waals surface area contributed by atoms with Crippen LogP contribution in [0.2, 0.25) is 0 Å². The van der Waals surface area contributed by atoms with E-state index < -0.39 is 23.7 Å². The van der Waals surface area contributed by atoms with Gasteiger partial charge in [0, 0.05) is 6.54 Å². The van der Waals surface area contributed by atoms with Crippen molar-refractivity contribution in [2.75, 3.05) is 13.7 Å². The van der Waals surface area contributed by atoms with Crippen molar-refractivity contribution in [3.8, 4) is 0 Å². The maximum Gasteiger partial charge on any atom is 0.411 e. The van der Waals surface area contributed by atoms with Crippen LogP contribution < -0.4 is 0 Å². The van der Waals surface area contributed by atoms with Gasteiger partial charge in [0.1, 0.15) is 5.60 Å². The summed E-state index contributed by atoms with van der Waals surface area (Å²) in [6.45, 7) is 7.62. The Hall–Kier alpha value is -1.52. The van der Waals surface area contributed by atoms with Gasteiger partial charge in [-0.05, 0) is 27.7 Å². The van der Waals surface area contributed by atoms with Gasteiger partial charge in [0.15, 0.2) is 6.04 Å². The number of methoxy groups -OCH3 is 1. The van der Waals surface area contributed by atoms with Gasteiger partial charge in [0.2, 0.25) is 0 Å². The highest BCUT2D eigenvalue weighted by Crippen LogP contribution is 2.20. The van der Waals surface area contributed by atoms with Crippen LogP contribution in [0.4, 0.5) is 4.79 Å². The Balaban J connectivity index is 2.77. The van der Waals surface area contributed by atoms with E-state index >= 15 is 0 Å². The number of nitrogens with zero attached hydrogens (tertiary/aromatic N) is 1. The summed E-state index contributed by atoms with van der Waals surface area (Å²) in [5.74, 6) is -0.451. The maximum absolute atomic E-state index is 11.9. The summed E-state index contributed by atoms with van der Waals surface area (Å²) in [6.07, 6.45) is 1.22. The van der Waals surface area contributed by atoms with Crippen LogP contribution in [0.25, 0.3) is 0 Å². The highest BCUT2D eigenvalue weighted by molar-refractivity contribution is 5.84. The maximum atomic E-state index is 11.9. The van der Waals surface area contributed by atoms with Crippen molar-refractivity contribution in [1.82, 2.24) is 4.90 Å². The zero-order chi connectivity index (χ0) is 13.2. The van der Waals surface area contributed by atoms with Crippen molar-refractivity contribution in [1.29, 1.82) is 0 Å². The fourth-order valence-electron chi connectivity index (χ4n) is 1.59. The summed E-state index contributed by atoms with van der Waals surface area (Å²) in [5.41, 5.74) is 0.375. The zero-order valence-electron chi connectivity index (χ0n) is 10.9. The van der Waals surface area contributed by atoms with E-state index in [0.29, 0.717) is 6.54 Å². The van der Waals surface area contributed by atoms with Crippen molar-refractivity contribution in [2.45, 2.75) is 39.3 Å². The third-order valence-electron chi connectivity index (χ3n) is 2.27. The van der Waals surface area contributed by atoms with E-state index in [-0.39, 0.29) is 0 Å². The van der Waals surface area contributed by atoms with Crippen molar-refractivity contribution in [3.63, 3.8) is 0 Å². The average molecular weight is 241 g/mol. The molecular formula is C12H19NO4. The minimum atomic E-state index is -0.671. The molecule has 0 aromatic rings. The lowest BCUT2D eigenvalue weighted by molar-refractivity contribution is -0.144. The summed E-state index contributed by atoms with van der Waals surface area (Å²) in [4.78, 5) is 24.8. The second kappa shape index (κ2) is 4.77. The van der Waals surface area contributed by atoms with Crippen LogP contribution in [0.5, 0.6) is 0 Å². The molecule has 1 amide bonds. The van der Waals surface area contributed by atoms with E-state index in [1.54, 1.807) is 26.8 Å². The Labute approximate surface area is 101 Å². The van der Waals surface area contributed by atoms with Gasteiger partial charge >= 0.3 is 12.1 Å². The zero-order valence-corrected chi connectivity index (χ0v) is 10.9. The fraction of sp³-hybridized carbons (Fsp3) is 0.667. The molecule has 0 N–H and O–H groups in total. The van der Waals surface area contributed by atoms with E-state index in [9.17, 15) is 9.59 Å². The van der Waals surface area contributed by atoms with Gasteiger partial charge in [0.25, 0.3) is 0 Å². The standard InChI is InChI=1S/C12H19NO4/c1-8-6-9(10(14)16-5)13(7-8)11(15)17-12(2,3)4/h6,9H,7H2,1-5H3. The largest absolute Gasteiger partial charge is 0.467 e. The molecule has 5 heteroatoms. The Morgan fingerprint density at radius 2 is 2.00 bits per heavy atom. The number of esters is 1. The summed E-state index contributed by atoms with van der Waals surface area (Å²) < 4.78 is 9.90. The Kier molecular flexibility index (Phi) is 3.80. The van der Waals surface area contributed by atoms with Gasteiger partial charge in [-0.25, -0.2) is 9.59 Å². The lowest BCUT2D eigenvalue weighted by atomic mass is 10.2. The van der Waals surface area contributed by atoms with Crippen LogP contribution in [0, 0.1) is 0 Å². The van der Waals surface area contributed by atoms with Crippen LogP contribution >= 0.6 is 0 Å². The molecule has 1 heterocycles. The predicted octanol–water partition coefficient (Wildman–Crippen LogP) is 1.72. The molecule has 1 aliphatic rings. The first-order valence-corrected chi connectivity index (χ1v) is 5.49. The molecule has 96 valence electrons. The fourth-order valence-corrected chi connectivity index (χ4v) is 1.59. The third kappa shape index (κ3) is 3.47. The second-order valence-corrected chi connectivity index (χ2v) is 5.09. The topological polar surface area (TPSA) is 55.8 Å². The van der Waals surface area contributed by atoms with Crippen LogP contribution in [0.15, 0.2) is 11.6 Å². The molecule has 1 atom stereocenters. The summed E-state index contributed by atoms with van der Waals surface area (Å²) in [6, 6.07) is -0.671. The lowest BCUT2D eigenvalue weighted by Gasteiger charge is -2.27. The number of amides is 1. The normalized spacial score (nSPS) is 19.9. The molecule has 5 nitrogen and oxygen atoms in total. The molecule has 0 saturated heterocycles. The SMILES string of the molecule is COC(=O)C1C=C(C)CN1C(=O)OC(C)(C)C. The molecule has 0 bridgehead atoms. The van der Waals surface area contributed by atoms with Crippen LogP contribution in [0.1, 0.15) is 27.7 Å². The number of hydrogen-bond acceptors (Lipinski definition) is 4. The Morgan fingerprint density at radius 3 is 2.47 bits per heavy atom. The predicted molar refractivity (Wildman–Crippen MR) is 62.5 cm³/mol. The Morgan fingerprint density at radius 1 is 1.41 bits per heavy atom. The lowest BCUT2D eigenvalue weighted by Crippen LogP contribution is -2.44. The number of rotatable bonds is 1. The average Bonchev–Trinajstić information content (AvgIpc) is 2.56. The van der Waals surface area contributed by atoms with E-state index in [4.69, 9.17) is 4.74 Å². The molecule has 1 unspecified atom stereocenters. The summed E-state index contributed by atoms with van der Waals surface area (Å²) in [7, 11) is 1.30. The minimum absolute atomic E-state index is 0.398. The van der Waals surface area contributed by atoms with Gasteiger partial charge in [-0.15, -0.1) is 0 Å². The van der Waals surface area contributed by atoms with Crippen molar-refractivity contribution >= 4 is 12.1 Å². The molecule has 0 saturated carbocycles. The van der Waals surface area contributed by atoms with Crippen molar-refractivity contribution in [3.05, 3.63) is 11.6 Å². The summed E-state index contributed by atoms with van der Waals surface area (Å²) in [5, 5.41) is 0. The quantitative estimate of drug-likeness (QED) is 0.518. The van der Waals surface area contributed by atoms with Crippen LogP contribution in [-0.4, -0.2) is 42.3 Å². The highest BCUT2D eigenvalue weighted by Gasteiger charge is 2.36. The van der Waals surface area contributed by atoms with Gasteiger partial charge in [-0.3, -0.25) is 4.90 Å². The first kappa shape index (κ1) is 13.5. The highest BCUT2D eigenvalue weighted by atomic mass is 16.6. The summed E-state index contributed by atoms with van der Waals surface area (Å²) >= 11 is 0. The molecule has 0 radical (unpaired) electrons. The molecule has 0 aromatic carbocycles. The smallest absolute Gasteiger partial charge is 0.411 e. The van der Waals surface area contributed by atoms with Crippen molar-refractivity contribution < 1.29 is 19.1 Å². The van der Waals surface area contributed by atoms with Crippen LogP contribution in [-0.2, 0) is 14.3 Å². The molecule has 0 aromatic heterocycles. The third-order valence-corrected chi connectivity index (χ3v) is 2.27. The van der Waals surface area contributed by atoms with Crippen LogP contribution in [0.3, 0.4) is 0 Å². The van der Waals surface area contributed by atoms with Gasteiger partial charge < -0.3 is 9.47 Å². The monoisotopic (exact) mass is 241 g/mol.